The minimum absolute atomic E-state index is 0.0218. The third-order valence-electron chi connectivity index (χ3n) is 18.8. The Morgan fingerprint density at radius 3 is 2.04 bits per heavy atom. The Bertz CT molecular complexity index is 2660. The average molecular weight is 896 g/mol. The number of hydrogen-bond donors (Lipinski definition) is 0. The lowest BCUT2D eigenvalue weighted by atomic mass is 9.25. The second kappa shape index (κ2) is 16.8. The molecule has 2 saturated heterocycles. The van der Waals surface area contributed by atoms with Crippen LogP contribution in [0.25, 0.3) is 0 Å². The number of hydrogen-bond acceptors (Lipinski definition) is 3. The van der Waals surface area contributed by atoms with Crippen LogP contribution >= 0.6 is 0 Å². The molecule has 9 aliphatic rings. The maximum absolute atomic E-state index is 3.20. The zero-order valence-corrected chi connectivity index (χ0v) is 41.9. The molecular weight excluding hydrogens is 822 g/mol. The van der Waals surface area contributed by atoms with Gasteiger partial charge in [-0.15, -0.1) is 0 Å². The molecular formula is C64H74BN3. The van der Waals surface area contributed by atoms with Gasteiger partial charge < -0.3 is 9.80 Å². The van der Waals surface area contributed by atoms with Gasteiger partial charge in [0, 0.05) is 46.8 Å². The Labute approximate surface area is 409 Å². The van der Waals surface area contributed by atoms with Crippen LogP contribution in [0.4, 0.5) is 11.4 Å². The van der Waals surface area contributed by atoms with Crippen LogP contribution in [0.1, 0.15) is 105 Å². The molecule has 0 N–H and O–H groups in total. The Morgan fingerprint density at radius 2 is 1.40 bits per heavy atom. The SMILES string of the molecule is CC(C)(C)C1=CC2C3CC(C(C)(C)C)=CC4B5C6=CCC(N(c7ccccc7)c7ccccc7)C=C6N(C6C=CC=CC6)C6=C5C(CC(C(C)(c5ccccc5)C5CC=CCC5)C6)N(C2C=C1)C43. The first-order chi connectivity index (χ1) is 32.9. The standard InChI is InChI=1S/C64H74BN3/c1-62(2,3)45-33-36-56-52(37-45)53-38-46(63(4,5)6)39-55-61(53)68(56)59-41-47(64(7,43-23-13-8-14-24-43)44-25-15-9-16-26-44)40-58-60(59)65(55)54-35-34-51(42-57(54)67(58)50-31-21-12-22-32-50)66(48-27-17-10-18-28-48)49-29-19-11-20-30-49/h8-15,17-24,27-31,33,35-37,39,42,44,47,50-53,55-56,59,61H,16,25-26,32,34,38,40-41H2,1-7H3. The van der Waals surface area contributed by atoms with Crippen molar-refractivity contribution in [2.24, 2.45) is 34.5 Å². The van der Waals surface area contributed by atoms with Crippen LogP contribution in [0.2, 0.25) is 5.82 Å². The van der Waals surface area contributed by atoms with E-state index in [2.05, 4.69) is 227 Å². The molecule has 11 unspecified atom stereocenters. The summed E-state index contributed by atoms with van der Waals surface area (Å²) in [5, 5.41) is 0. The molecule has 348 valence electrons. The number of anilines is 2. The highest BCUT2D eigenvalue weighted by molar-refractivity contribution is 6.78. The van der Waals surface area contributed by atoms with Crippen molar-refractivity contribution in [1.82, 2.24) is 9.80 Å². The third kappa shape index (κ3) is 7.16. The molecule has 3 aromatic rings. The molecule has 2 fully saturated rings. The third-order valence-corrected chi connectivity index (χ3v) is 18.8. The van der Waals surface area contributed by atoms with Crippen LogP contribution in [0.5, 0.6) is 0 Å². The highest BCUT2D eigenvalue weighted by atomic mass is 15.3. The van der Waals surface area contributed by atoms with E-state index in [0.717, 1.165) is 19.3 Å². The van der Waals surface area contributed by atoms with Crippen LogP contribution in [-0.2, 0) is 5.41 Å². The zero-order valence-electron chi connectivity index (χ0n) is 41.9. The van der Waals surface area contributed by atoms with E-state index in [1.165, 1.54) is 54.7 Å². The maximum Gasteiger partial charge on any atom is 0.219 e. The lowest BCUT2D eigenvalue weighted by molar-refractivity contribution is 0.0725. The molecule has 0 radical (unpaired) electrons. The molecule has 4 heteroatoms. The summed E-state index contributed by atoms with van der Waals surface area (Å²) in [6, 6.07) is 36.0. The molecule has 0 saturated carbocycles. The number of rotatable bonds is 7. The van der Waals surface area contributed by atoms with Crippen molar-refractivity contribution in [3.05, 3.63) is 203 Å². The minimum atomic E-state index is 0.0218. The largest absolute Gasteiger partial charge is 0.339 e. The summed E-state index contributed by atoms with van der Waals surface area (Å²) < 4.78 is 0. The van der Waals surface area contributed by atoms with Gasteiger partial charge >= 0.3 is 0 Å². The lowest BCUT2D eigenvalue weighted by Crippen LogP contribution is -2.64. The fourth-order valence-electron chi connectivity index (χ4n) is 15.5. The Hall–Kier alpha value is -5.06. The van der Waals surface area contributed by atoms with E-state index in [4.69, 9.17) is 0 Å². The van der Waals surface area contributed by atoms with E-state index in [0.29, 0.717) is 54.3 Å². The van der Waals surface area contributed by atoms with Crippen LogP contribution in [0, 0.1) is 34.5 Å². The van der Waals surface area contributed by atoms with E-state index in [-0.39, 0.29) is 28.3 Å². The highest BCUT2D eigenvalue weighted by Crippen LogP contribution is 2.64. The molecule has 68 heavy (non-hydrogen) atoms. The van der Waals surface area contributed by atoms with Gasteiger partial charge in [0.2, 0.25) is 6.71 Å². The van der Waals surface area contributed by atoms with Crippen molar-refractivity contribution in [3.8, 4) is 0 Å². The Morgan fingerprint density at radius 1 is 0.676 bits per heavy atom. The summed E-state index contributed by atoms with van der Waals surface area (Å²) in [5.74, 6) is 2.60. The van der Waals surface area contributed by atoms with Gasteiger partial charge in [-0.3, -0.25) is 4.90 Å². The first-order valence-electron chi connectivity index (χ1n) is 26.7. The molecule has 3 aliphatic heterocycles. The highest BCUT2D eigenvalue weighted by Gasteiger charge is 2.65. The monoisotopic (exact) mass is 896 g/mol. The smallest absolute Gasteiger partial charge is 0.219 e. The van der Waals surface area contributed by atoms with E-state index in [1.807, 2.05) is 0 Å². The molecule has 3 nitrogen and oxygen atoms in total. The zero-order chi connectivity index (χ0) is 46.5. The van der Waals surface area contributed by atoms with E-state index in [9.17, 15) is 0 Å². The molecule has 0 amide bonds. The van der Waals surface area contributed by atoms with Crippen molar-refractivity contribution >= 4 is 18.1 Å². The number of fused-ring (bicyclic) bond motifs is 7. The van der Waals surface area contributed by atoms with Crippen LogP contribution in [-0.4, -0.2) is 46.7 Å². The van der Waals surface area contributed by atoms with Crippen molar-refractivity contribution < 1.29 is 0 Å². The number of benzene rings is 3. The second-order valence-electron chi connectivity index (χ2n) is 24.3. The molecule has 12 rings (SSSR count). The molecule has 6 aliphatic carbocycles. The topological polar surface area (TPSA) is 9.72 Å². The fraction of sp³-hybridized carbons (Fsp3) is 0.438. The van der Waals surface area contributed by atoms with Crippen LogP contribution < -0.4 is 4.90 Å². The fourth-order valence-corrected chi connectivity index (χ4v) is 15.5. The Balaban J connectivity index is 1.10. The van der Waals surface area contributed by atoms with Crippen LogP contribution in [0.3, 0.4) is 0 Å². The van der Waals surface area contributed by atoms with Gasteiger partial charge in [-0.2, -0.15) is 0 Å². The van der Waals surface area contributed by atoms with E-state index < -0.39 is 0 Å². The molecule has 11 atom stereocenters. The van der Waals surface area contributed by atoms with Gasteiger partial charge in [-0.25, -0.2) is 0 Å². The summed E-state index contributed by atoms with van der Waals surface area (Å²) in [5.41, 5.74) is 14.0. The van der Waals surface area contributed by atoms with Gasteiger partial charge in [0.1, 0.15) is 0 Å². The predicted octanol–water partition coefficient (Wildman–Crippen LogP) is 15.1. The van der Waals surface area contributed by atoms with Gasteiger partial charge in [0.15, 0.2) is 0 Å². The van der Waals surface area contributed by atoms with Gasteiger partial charge in [-0.1, -0.05) is 199 Å². The maximum atomic E-state index is 3.20. The first-order valence-corrected chi connectivity index (χ1v) is 26.7. The molecule has 0 aromatic heterocycles. The van der Waals surface area contributed by atoms with Crippen molar-refractivity contribution in [3.63, 3.8) is 0 Å². The summed E-state index contributed by atoms with van der Waals surface area (Å²) in [4.78, 5) is 8.79. The molecule has 0 bridgehead atoms. The van der Waals surface area contributed by atoms with Crippen molar-refractivity contribution in [2.45, 2.75) is 141 Å². The molecule has 3 aromatic carbocycles. The summed E-state index contributed by atoms with van der Waals surface area (Å²) in [6.07, 6.45) is 40.2. The van der Waals surface area contributed by atoms with Gasteiger partial charge in [0.05, 0.1) is 12.1 Å². The molecule has 3 heterocycles. The summed E-state index contributed by atoms with van der Waals surface area (Å²) in [6.45, 7) is 17.8. The summed E-state index contributed by atoms with van der Waals surface area (Å²) in [7, 11) is 0. The number of para-hydroxylation sites is 2. The first kappa shape index (κ1) is 44.2. The van der Waals surface area contributed by atoms with Gasteiger partial charge in [0.25, 0.3) is 0 Å². The normalized spacial score (nSPS) is 32.5. The predicted molar refractivity (Wildman–Crippen MR) is 287 cm³/mol. The summed E-state index contributed by atoms with van der Waals surface area (Å²) >= 11 is 0. The average Bonchev–Trinajstić information content (AvgIpc) is 3.70. The quantitative estimate of drug-likeness (QED) is 0.173. The second-order valence-corrected chi connectivity index (χ2v) is 24.3. The number of allylic oxidation sites excluding steroid dienone is 9. The van der Waals surface area contributed by atoms with Crippen LogP contribution in [0.15, 0.2) is 197 Å². The van der Waals surface area contributed by atoms with E-state index in [1.54, 1.807) is 27.8 Å². The van der Waals surface area contributed by atoms with Crippen molar-refractivity contribution in [1.29, 1.82) is 0 Å². The van der Waals surface area contributed by atoms with Gasteiger partial charge in [-0.05, 0) is 133 Å². The van der Waals surface area contributed by atoms with Crippen molar-refractivity contribution in [2.75, 3.05) is 4.90 Å². The lowest BCUT2D eigenvalue weighted by Gasteiger charge is -2.61. The minimum Gasteiger partial charge on any atom is -0.339 e. The van der Waals surface area contributed by atoms with E-state index >= 15 is 0 Å². The Kier molecular flexibility index (Phi) is 10.9. The molecule has 0 spiro atoms. The number of nitrogens with zero attached hydrogens (tertiary/aromatic N) is 3.